The second-order valence-corrected chi connectivity index (χ2v) is 6.50. The van der Waals surface area contributed by atoms with Crippen LogP contribution in [0.5, 0.6) is 5.75 Å². The summed E-state index contributed by atoms with van der Waals surface area (Å²) in [7, 11) is 0. The van der Waals surface area contributed by atoms with Gasteiger partial charge in [-0.2, -0.15) is 0 Å². The Morgan fingerprint density at radius 1 is 1.12 bits per heavy atom. The molecule has 0 saturated carbocycles. The van der Waals surface area contributed by atoms with Crippen molar-refractivity contribution in [3.05, 3.63) is 63.6 Å². The summed E-state index contributed by atoms with van der Waals surface area (Å²) in [5, 5.41) is 4.00. The van der Waals surface area contributed by atoms with Crippen LogP contribution in [0.3, 0.4) is 0 Å². The van der Waals surface area contributed by atoms with Crippen molar-refractivity contribution < 1.29 is 9.53 Å². The van der Waals surface area contributed by atoms with Crippen molar-refractivity contribution in [2.75, 3.05) is 0 Å². The average Bonchev–Trinajstić information content (AvgIpc) is 2.55. The molecule has 0 radical (unpaired) electrons. The van der Waals surface area contributed by atoms with Crippen molar-refractivity contribution in [3.63, 3.8) is 0 Å². The molecule has 2 aromatic carbocycles. The Morgan fingerprint density at radius 2 is 1.79 bits per heavy atom. The van der Waals surface area contributed by atoms with E-state index in [9.17, 15) is 4.79 Å². The van der Waals surface area contributed by atoms with E-state index in [1.54, 1.807) is 19.1 Å². The molecule has 1 amide bonds. The Morgan fingerprint density at radius 3 is 2.38 bits per heavy atom. The zero-order valence-corrected chi connectivity index (χ0v) is 15.5. The lowest BCUT2D eigenvalue weighted by Crippen LogP contribution is -2.37. The summed E-state index contributed by atoms with van der Waals surface area (Å²) < 4.78 is 5.70. The number of aryl methyl sites for hydroxylation is 1. The minimum Gasteiger partial charge on any atom is -0.481 e. The van der Waals surface area contributed by atoms with E-state index in [0.717, 1.165) is 12.0 Å². The lowest BCUT2D eigenvalue weighted by atomic mass is 10.1. The first-order valence-corrected chi connectivity index (χ1v) is 8.67. The van der Waals surface area contributed by atoms with Crippen molar-refractivity contribution in [2.24, 2.45) is 0 Å². The van der Waals surface area contributed by atoms with Crippen LogP contribution in [0.1, 0.15) is 37.9 Å². The molecule has 0 fully saturated rings. The molecule has 0 aliphatic rings. The third kappa shape index (κ3) is 4.89. The van der Waals surface area contributed by atoms with Crippen LogP contribution >= 0.6 is 23.2 Å². The molecule has 0 aliphatic heterocycles. The molecular weight excluding hydrogens is 345 g/mol. The largest absolute Gasteiger partial charge is 0.481 e. The fourth-order valence-corrected chi connectivity index (χ4v) is 2.89. The summed E-state index contributed by atoms with van der Waals surface area (Å²) >= 11 is 12.1. The molecule has 2 rings (SSSR count). The zero-order valence-electron chi connectivity index (χ0n) is 14.0. The minimum atomic E-state index is -0.606. The molecule has 0 bridgehead atoms. The molecular formula is C19H21Cl2NO2. The number of nitrogens with one attached hydrogen (secondary N) is 1. The smallest absolute Gasteiger partial charge is 0.261 e. The van der Waals surface area contributed by atoms with Gasteiger partial charge >= 0.3 is 0 Å². The third-order valence-electron chi connectivity index (χ3n) is 3.80. The van der Waals surface area contributed by atoms with Crippen LogP contribution in [-0.2, 0) is 11.2 Å². The number of hydrogen-bond donors (Lipinski definition) is 1. The second-order valence-electron chi connectivity index (χ2n) is 5.65. The fraction of sp³-hybridized carbons (Fsp3) is 0.316. The molecule has 2 atom stereocenters. The molecule has 0 aliphatic carbocycles. The first-order valence-electron chi connectivity index (χ1n) is 7.91. The summed E-state index contributed by atoms with van der Waals surface area (Å²) in [5.74, 6) is 0.472. The number of benzene rings is 2. The summed E-state index contributed by atoms with van der Waals surface area (Å²) in [6.45, 7) is 5.68. The molecule has 0 saturated heterocycles. The Hall–Kier alpha value is -1.71. The third-order valence-corrected chi connectivity index (χ3v) is 4.36. The predicted octanol–water partition coefficient (Wildman–Crippen LogP) is 5.20. The average molecular weight is 366 g/mol. The predicted molar refractivity (Wildman–Crippen MR) is 98.9 cm³/mol. The maximum Gasteiger partial charge on any atom is 0.261 e. The van der Waals surface area contributed by atoms with Gasteiger partial charge in [0.25, 0.3) is 5.91 Å². The van der Waals surface area contributed by atoms with Crippen molar-refractivity contribution in [1.82, 2.24) is 5.32 Å². The van der Waals surface area contributed by atoms with Crippen molar-refractivity contribution in [1.29, 1.82) is 0 Å². The van der Waals surface area contributed by atoms with Crippen molar-refractivity contribution in [2.45, 2.75) is 39.3 Å². The molecule has 5 heteroatoms. The summed E-state index contributed by atoms with van der Waals surface area (Å²) in [6.07, 6.45) is 0.362. The van der Waals surface area contributed by atoms with Gasteiger partial charge < -0.3 is 10.1 Å². The minimum absolute atomic E-state index is 0.201. The first-order chi connectivity index (χ1) is 11.4. The van der Waals surface area contributed by atoms with E-state index in [1.807, 2.05) is 37.3 Å². The van der Waals surface area contributed by atoms with E-state index in [4.69, 9.17) is 27.9 Å². The molecule has 0 spiro atoms. The van der Waals surface area contributed by atoms with E-state index in [-0.39, 0.29) is 11.9 Å². The second kappa shape index (κ2) is 8.41. The lowest BCUT2D eigenvalue weighted by molar-refractivity contribution is -0.127. The molecule has 0 aromatic heterocycles. The normalized spacial score (nSPS) is 13.2. The molecule has 1 N–H and O–H groups in total. The number of halogens is 2. The van der Waals surface area contributed by atoms with E-state index < -0.39 is 6.10 Å². The van der Waals surface area contributed by atoms with Gasteiger partial charge in [0.05, 0.1) is 6.04 Å². The molecule has 3 nitrogen and oxygen atoms in total. The van der Waals surface area contributed by atoms with Gasteiger partial charge in [-0.25, -0.2) is 0 Å². The number of carbonyl (C=O) groups is 1. The SMILES string of the molecule is CCc1ccc(OC(C)C(=O)NC(C)c2ccc(Cl)cc2Cl)cc1. The highest BCUT2D eigenvalue weighted by molar-refractivity contribution is 6.35. The maximum atomic E-state index is 12.3. The van der Waals surface area contributed by atoms with Gasteiger partial charge in [0.1, 0.15) is 5.75 Å². The Balaban J connectivity index is 1.97. The van der Waals surface area contributed by atoms with E-state index >= 15 is 0 Å². The van der Waals surface area contributed by atoms with Crippen molar-refractivity contribution in [3.8, 4) is 5.75 Å². The quantitative estimate of drug-likeness (QED) is 0.763. The first kappa shape index (κ1) is 18.6. The lowest BCUT2D eigenvalue weighted by Gasteiger charge is -2.20. The van der Waals surface area contributed by atoms with Gasteiger partial charge in [-0.1, -0.05) is 48.3 Å². The Kier molecular flexibility index (Phi) is 6.52. The summed E-state index contributed by atoms with van der Waals surface area (Å²) in [6, 6.07) is 12.7. The number of carbonyl (C=O) groups excluding carboxylic acids is 1. The molecule has 0 heterocycles. The van der Waals surface area contributed by atoms with Crippen LogP contribution in [0, 0.1) is 0 Å². The molecule has 2 aromatic rings. The number of amides is 1. The number of hydrogen-bond acceptors (Lipinski definition) is 2. The Bertz CT molecular complexity index is 701. The van der Waals surface area contributed by atoms with Crippen LogP contribution in [0.2, 0.25) is 10.0 Å². The molecule has 24 heavy (non-hydrogen) atoms. The fourth-order valence-electron chi connectivity index (χ4n) is 2.32. The van der Waals surface area contributed by atoms with Gasteiger partial charge in [-0.3, -0.25) is 4.79 Å². The standard InChI is InChI=1S/C19H21Cl2NO2/c1-4-14-5-8-16(9-6-14)24-13(3)19(23)22-12(2)17-10-7-15(20)11-18(17)21/h5-13H,4H2,1-3H3,(H,22,23). The monoisotopic (exact) mass is 365 g/mol. The van der Waals surface area contributed by atoms with Crippen LogP contribution in [0.4, 0.5) is 0 Å². The van der Waals surface area contributed by atoms with Crippen LogP contribution in [0.25, 0.3) is 0 Å². The number of ether oxygens (including phenoxy) is 1. The van der Waals surface area contributed by atoms with E-state index in [2.05, 4.69) is 12.2 Å². The van der Waals surface area contributed by atoms with Crippen molar-refractivity contribution >= 4 is 29.1 Å². The molecule has 128 valence electrons. The van der Waals surface area contributed by atoms with Gasteiger partial charge in [-0.15, -0.1) is 0 Å². The maximum absolute atomic E-state index is 12.3. The summed E-state index contributed by atoms with van der Waals surface area (Å²) in [5.41, 5.74) is 2.04. The van der Waals surface area contributed by atoms with Gasteiger partial charge in [0.15, 0.2) is 6.10 Å². The van der Waals surface area contributed by atoms with Crippen LogP contribution in [-0.4, -0.2) is 12.0 Å². The highest BCUT2D eigenvalue weighted by Gasteiger charge is 2.19. The highest BCUT2D eigenvalue weighted by Crippen LogP contribution is 2.26. The van der Waals surface area contributed by atoms with Gasteiger partial charge in [0, 0.05) is 10.0 Å². The number of rotatable bonds is 6. The zero-order chi connectivity index (χ0) is 17.7. The van der Waals surface area contributed by atoms with Crippen LogP contribution < -0.4 is 10.1 Å². The Labute approximate surface area is 152 Å². The molecule has 2 unspecified atom stereocenters. The summed E-state index contributed by atoms with van der Waals surface area (Å²) in [4.78, 5) is 12.3. The van der Waals surface area contributed by atoms with Gasteiger partial charge in [0.2, 0.25) is 0 Å². The van der Waals surface area contributed by atoms with Crippen LogP contribution in [0.15, 0.2) is 42.5 Å². The van der Waals surface area contributed by atoms with E-state index in [0.29, 0.717) is 15.8 Å². The van der Waals surface area contributed by atoms with Gasteiger partial charge in [-0.05, 0) is 55.7 Å². The topological polar surface area (TPSA) is 38.3 Å². The highest BCUT2D eigenvalue weighted by atomic mass is 35.5. The van der Waals surface area contributed by atoms with E-state index in [1.165, 1.54) is 5.56 Å².